The number of nitrogens with zero attached hydrogens (tertiary/aromatic N) is 2. The van der Waals surface area contributed by atoms with Crippen molar-refractivity contribution >= 4 is 11.5 Å². The van der Waals surface area contributed by atoms with E-state index in [2.05, 4.69) is 10.1 Å². The normalized spacial score (nSPS) is 11.8. The van der Waals surface area contributed by atoms with Gasteiger partial charge in [0.25, 0.3) is 5.56 Å². The largest absolute Gasteiger partial charge is 0.476 e. The molecule has 3 aromatic rings. The number of benzene rings is 1. The molecule has 9 heteroatoms. The highest BCUT2D eigenvalue weighted by atomic mass is 19.4. The molecule has 0 unspecified atom stereocenters. The van der Waals surface area contributed by atoms with Gasteiger partial charge in [0.1, 0.15) is 5.52 Å². The quantitative estimate of drug-likeness (QED) is 0.753. The first-order valence-electron chi connectivity index (χ1n) is 6.71. The molecule has 6 nitrogen and oxygen atoms in total. The second-order valence-electron chi connectivity index (χ2n) is 5.19. The molecule has 1 aromatic carbocycles. The number of aryl methyl sites for hydroxylation is 1. The predicted molar refractivity (Wildman–Crippen MR) is 77.9 cm³/mol. The zero-order valence-electron chi connectivity index (χ0n) is 12.2. The molecule has 0 aliphatic carbocycles. The van der Waals surface area contributed by atoms with Crippen LogP contribution in [0.15, 0.2) is 35.3 Å². The Morgan fingerprint density at radius 2 is 2.00 bits per heavy atom. The number of rotatable bonds is 2. The van der Waals surface area contributed by atoms with Gasteiger partial charge in [0, 0.05) is 11.6 Å². The summed E-state index contributed by atoms with van der Waals surface area (Å²) in [5, 5.41) is 12.6. The minimum atomic E-state index is -4.52. The Bertz CT molecular complexity index is 1020. The number of H-pyrrole nitrogens is 1. The van der Waals surface area contributed by atoms with Crippen LogP contribution in [0, 0.1) is 6.92 Å². The summed E-state index contributed by atoms with van der Waals surface area (Å²) in [4.78, 5) is 25.4. The number of carboxylic acid groups (broad SMARTS) is 1. The molecule has 0 aliphatic heterocycles. The summed E-state index contributed by atoms with van der Waals surface area (Å²) in [5.74, 6) is -1.31. The number of carbonyl (C=O) groups is 1. The van der Waals surface area contributed by atoms with Crippen LogP contribution in [0.5, 0.6) is 0 Å². The van der Waals surface area contributed by atoms with Crippen molar-refractivity contribution in [1.29, 1.82) is 0 Å². The smallest absolute Gasteiger partial charge is 0.416 e. The van der Waals surface area contributed by atoms with E-state index in [0.717, 1.165) is 16.6 Å². The molecule has 0 fully saturated rings. The molecule has 0 saturated heterocycles. The number of carboxylic acids is 1. The minimum Gasteiger partial charge on any atom is -0.476 e. The van der Waals surface area contributed by atoms with Gasteiger partial charge in [0.15, 0.2) is 5.69 Å². The van der Waals surface area contributed by atoms with Crippen molar-refractivity contribution in [3.05, 3.63) is 57.6 Å². The highest BCUT2D eigenvalue weighted by Gasteiger charge is 2.32. The zero-order chi connectivity index (χ0) is 17.6. The second kappa shape index (κ2) is 5.22. The average Bonchev–Trinajstić information content (AvgIpc) is 2.91. The van der Waals surface area contributed by atoms with Crippen molar-refractivity contribution in [2.24, 2.45) is 0 Å². The molecule has 2 N–H and O–H groups in total. The van der Waals surface area contributed by atoms with E-state index in [-0.39, 0.29) is 28.0 Å². The molecular weight excluding hydrogens is 327 g/mol. The molecule has 0 amide bonds. The van der Waals surface area contributed by atoms with E-state index in [0.29, 0.717) is 0 Å². The van der Waals surface area contributed by atoms with Gasteiger partial charge < -0.3 is 10.1 Å². The van der Waals surface area contributed by atoms with E-state index in [4.69, 9.17) is 5.11 Å². The van der Waals surface area contributed by atoms with Crippen LogP contribution in [0.3, 0.4) is 0 Å². The Balaban J connectivity index is 2.20. The third kappa shape index (κ3) is 2.64. The first-order chi connectivity index (χ1) is 11.2. The van der Waals surface area contributed by atoms with Gasteiger partial charge in [-0.25, -0.2) is 9.31 Å². The summed E-state index contributed by atoms with van der Waals surface area (Å²) in [6.07, 6.45) is -3.25. The Labute approximate surface area is 132 Å². The summed E-state index contributed by atoms with van der Waals surface area (Å²) < 4.78 is 40.1. The Kier molecular flexibility index (Phi) is 3.43. The van der Waals surface area contributed by atoms with Gasteiger partial charge in [0.2, 0.25) is 0 Å². The van der Waals surface area contributed by atoms with Crippen molar-refractivity contribution in [2.75, 3.05) is 0 Å². The number of halogens is 3. The number of nitrogens with one attached hydrogen (secondary N) is 1. The lowest BCUT2D eigenvalue weighted by molar-refractivity contribution is -0.138. The molecular formula is C15H10F3N3O3. The molecule has 2 aromatic heterocycles. The third-order valence-corrected chi connectivity index (χ3v) is 3.54. The highest BCUT2D eigenvalue weighted by molar-refractivity contribution is 5.87. The predicted octanol–water partition coefficient (Wildman–Crippen LogP) is 2.72. The first-order valence-corrected chi connectivity index (χ1v) is 6.71. The topological polar surface area (TPSA) is 87.5 Å². The lowest BCUT2D eigenvalue weighted by Gasteiger charge is -2.12. The lowest BCUT2D eigenvalue weighted by Crippen LogP contribution is -2.12. The summed E-state index contributed by atoms with van der Waals surface area (Å²) in [5.41, 5.74) is -1.52. The van der Waals surface area contributed by atoms with E-state index in [1.54, 1.807) is 0 Å². The van der Waals surface area contributed by atoms with Crippen LogP contribution in [0.25, 0.3) is 16.8 Å². The van der Waals surface area contributed by atoms with Gasteiger partial charge in [0.05, 0.1) is 17.5 Å². The van der Waals surface area contributed by atoms with Gasteiger partial charge in [-0.1, -0.05) is 12.1 Å². The number of aromatic amines is 1. The molecule has 3 rings (SSSR count). The van der Waals surface area contributed by atoms with Crippen LogP contribution in [0.1, 0.15) is 21.6 Å². The van der Waals surface area contributed by atoms with Crippen molar-refractivity contribution in [1.82, 2.24) is 14.6 Å². The van der Waals surface area contributed by atoms with E-state index < -0.39 is 23.3 Å². The maximum absolute atomic E-state index is 13.0. The molecule has 2 heterocycles. The zero-order valence-corrected chi connectivity index (χ0v) is 12.2. The van der Waals surface area contributed by atoms with Gasteiger partial charge in [-0.05, 0) is 18.6 Å². The molecule has 0 radical (unpaired) electrons. The second-order valence-corrected chi connectivity index (χ2v) is 5.19. The van der Waals surface area contributed by atoms with Crippen molar-refractivity contribution in [3.8, 4) is 11.3 Å². The fourth-order valence-electron chi connectivity index (χ4n) is 2.35. The lowest BCUT2D eigenvalue weighted by atomic mass is 10.0. The van der Waals surface area contributed by atoms with Gasteiger partial charge in [-0.15, -0.1) is 0 Å². The SMILES string of the molecule is Cc1ccc(-c2cn3nc(C(=O)O)cc3c(=O)[nH]2)cc1C(F)(F)F. The molecule has 0 spiro atoms. The molecule has 0 atom stereocenters. The van der Waals surface area contributed by atoms with Crippen LogP contribution >= 0.6 is 0 Å². The van der Waals surface area contributed by atoms with Crippen molar-refractivity contribution in [3.63, 3.8) is 0 Å². The summed E-state index contributed by atoms with van der Waals surface area (Å²) in [6.45, 7) is 1.34. The number of aromatic carboxylic acids is 1. The van der Waals surface area contributed by atoms with Crippen LogP contribution in [0.4, 0.5) is 13.2 Å². The van der Waals surface area contributed by atoms with Crippen molar-refractivity contribution in [2.45, 2.75) is 13.1 Å². The Morgan fingerprint density at radius 3 is 2.62 bits per heavy atom. The highest BCUT2D eigenvalue weighted by Crippen LogP contribution is 2.34. The molecule has 0 aliphatic rings. The van der Waals surface area contributed by atoms with Crippen LogP contribution in [0.2, 0.25) is 0 Å². The van der Waals surface area contributed by atoms with E-state index in [1.165, 1.54) is 25.3 Å². The number of hydrogen-bond donors (Lipinski definition) is 2. The molecule has 0 saturated carbocycles. The van der Waals surface area contributed by atoms with Gasteiger partial charge in [-0.2, -0.15) is 18.3 Å². The van der Waals surface area contributed by atoms with Crippen LogP contribution < -0.4 is 5.56 Å². The Morgan fingerprint density at radius 1 is 1.29 bits per heavy atom. The van der Waals surface area contributed by atoms with Crippen LogP contribution in [-0.4, -0.2) is 25.7 Å². The average molecular weight is 337 g/mol. The van der Waals surface area contributed by atoms with E-state index in [9.17, 15) is 22.8 Å². The molecule has 24 heavy (non-hydrogen) atoms. The number of hydrogen-bond acceptors (Lipinski definition) is 3. The fourth-order valence-corrected chi connectivity index (χ4v) is 2.35. The summed E-state index contributed by atoms with van der Waals surface area (Å²) in [7, 11) is 0. The number of fused-ring (bicyclic) bond motifs is 1. The van der Waals surface area contributed by atoms with Gasteiger partial charge in [-0.3, -0.25) is 4.79 Å². The standard InChI is InChI=1S/C15H10F3N3O3/c1-7-2-3-8(4-9(7)15(16,17)18)11-6-21-12(13(22)19-11)5-10(20-21)14(23)24/h2-6H,1H3,(H,19,22)(H,23,24). The maximum atomic E-state index is 13.0. The minimum absolute atomic E-state index is 0.0145. The molecule has 124 valence electrons. The number of aromatic nitrogens is 3. The Hall–Kier alpha value is -3.10. The van der Waals surface area contributed by atoms with Gasteiger partial charge >= 0.3 is 12.1 Å². The van der Waals surface area contributed by atoms with E-state index in [1.807, 2.05) is 0 Å². The third-order valence-electron chi connectivity index (χ3n) is 3.54. The number of alkyl halides is 3. The van der Waals surface area contributed by atoms with Crippen molar-refractivity contribution < 1.29 is 23.1 Å². The monoisotopic (exact) mass is 337 g/mol. The summed E-state index contributed by atoms with van der Waals surface area (Å²) in [6, 6.07) is 4.74. The van der Waals surface area contributed by atoms with E-state index >= 15 is 0 Å². The van der Waals surface area contributed by atoms with Crippen LogP contribution in [-0.2, 0) is 6.18 Å². The summed E-state index contributed by atoms with van der Waals surface area (Å²) >= 11 is 0. The fraction of sp³-hybridized carbons (Fsp3) is 0.133. The first kappa shape index (κ1) is 15.8. The maximum Gasteiger partial charge on any atom is 0.416 e. The molecule has 0 bridgehead atoms.